The van der Waals surface area contributed by atoms with Crippen molar-refractivity contribution in [3.8, 4) is 11.3 Å². The van der Waals surface area contributed by atoms with E-state index in [1.54, 1.807) is 18.2 Å². The summed E-state index contributed by atoms with van der Waals surface area (Å²) in [5, 5.41) is 0.351. The maximum absolute atomic E-state index is 14.9. The molecule has 1 saturated heterocycles. The van der Waals surface area contributed by atoms with Gasteiger partial charge in [-0.2, -0.15) is 0 Å². The summed E-state index contributed by atoms with van der Waals surface area (Å²) in [7, 11) is 0. The smallest absolute Gasteiger partial charge is 0.246 e. The molecule has 0 aliphatic carbocycles. The van der Waals surface area contributed by atoms with E-state index in [4.69, 9.17) is 21.6 Å². The van der Waals surface area contributed by atoms with E-state index in [0.717, 1.165) is 22.6 Å². The number of halogens is 2. The summed E-state index contributed by atoms with van der Waals surface area (Å²) < 4.78 is 14.9. The van der Waals surface area contributed by atoms with E-state index >= 15 is 0 Å². The molecule has 2 aliphatic rings. The molecule has 2 unspecified atom stereocenters. The van der Waals surface area contributed by atoms with Crippen molar-refractivity contribution in [2.24, 2.45) is 4.99 Å². The van der Waals surface area contributed by atoms with Crippen molar-refractivity contribution in [3.63, 3.8) is 0 Å². The first-order valence-electron chi connectivity index (χ1n) is 13.6. The van der Waals surface area contributed by atoms with Crippen LogP contribution in [0, 0.1) is 5.82 Å². The van der Waals surface area contributed by atoms with Crippen molar-refractivity contribution in [1.82, 2.24) is 14.8 Å². The van der Waals surface area contributed by atoms with Gasteiger partial charge in [0.25, 0.3) is 0 Å². The van der Waals surface area contributed by atoms with E-state index in [-0.39, 0.29) is 29.2 Å². The molecule has 3 aromatic rings. The van der Waals surface area contributed by atoms with Gasteiger partial charge in [-0.25, -0.2) is 14.4 Å². The van der Waals surface area contributed by atoms with Crippen LogP contribution in [0.4, 0.5) is 15.9 Å². The number of hydrogen-bond donors (Lipinski definition) is 0. The van der Waals surface area contributed by atoms with E-state index in [9.17, 15) is 9.18 Å². The number of hydrogen-bond acceptors (Lipinski definition) is 5. The highest BCUT2D eigenvalue weighted by Gasteiger charge is 2.37. The van der Waals surface area contributed by atoms with Gasteiger partial charge in [0.1, 0.15) is 24.1 Å². The van der Waals surface area contributed by atoms with E-state index in [0.29, 0.717) is 41.9 Å². The van der Waals surface area contributed by atoms with Crippen LogP contribution in [-0.4, -0.2) is 58.4 Å². The molecule has 1 fully saturated rings. The second-order valence-corrected chi connectivity index (χ2v) is 11.9. The Kier molecular flexibility index (Phi) is 7.44. The fraction of sp³-hybridized carbons (Fsp3) is 0.344. The fourth-order valence-corrected chi connectivity index (χ4v) is 5.86. The van der Waals surface area contributed by atoms with Crippen LogP contribution < -0.4 is 4.90 Å². The number of carbonyl (C=O) groups excluding carboxylic acids is 1. The molecule has 40 heavy (non-hydrogen) atoms. The molecule has 208 valence electrons. The molecule has 0 bridgehead atoms. The summed E-state index contributed by atoms with van der Waals surface area (Å²) in [5.74, 6) is 0.996. The first-order chi connectivity index (χ1) is 19.0. The van der Waals surface area contributed by atoms with Gasteiger partial charge < -0.3 is 14.7 Å². The number of carbonyl (C=O) groups is 1. The van der Waals surface area contributed by atoms with Gasteiger partial charge in [0.2, 0.25) is 5.91 Å². The molecular formula is C32H35ClFN5O. The molecule has 3 heterocycles. The number of fused-ring (bicyclic) bond motifs is 1. The average molecular weight is 560 g/mol. The van der Waals surface area contributed by atoms with Crippen molar-refractivity contribution in [1.29, 1.82) is 0 Å². The van der Waals surface area contributed by atoms with Gasteiger partial charge in [-0.3, -0.25) is 4.79 Å². The Morgan fingerprint density at radius 3 is 2.45 bits per heavy atom. The largest absolute Gasteiger partial charge is 0.350 e. The maximum atomic E-state index is 14.9. The van der Waals surface area contributed by atoms with Crippen molar-refractivity contribution in [2.45, 2.75) is 52.1 Å². The third-order valence-electron chi connectivity index (χ3n) is 7.66. The lowest BCUT2D eigenvalue weighted by Crippen LogP contribution is -2.59. The minimum Gasteiger partial charge on any atom is -0.350 e. The quantitative estimate of drug-likeness (QED) is 0.331. The highest BCUT2D eigenvalue weighted by Crippen LogP contribution is 2.41. The summed E-state index contributed by atoms with van der Waals surface area (Å²) in [6, 6.07) is 16.6. The number of amides is 1. The molecule has 1 amide bonds. The van der Waals surface area contributed by atoms with Gasteiger partial charge in [-0.1, -0.05) is 69.3 Å². The van der Waals surface area contributed by atoms with E-state index in [2.05, 4.69) is 56.2 Å². The zero-order chi connectivity index (χ0) is 28.8. The average Bonchev–Trinajstić information content (AvgIpc) is 2.93. The van der Waals surface area contributed by atoms with E-state index < -0.39 is 0 Å². The highest BCUT2D eigenvalue weighted by molar-refractivity contribution is 6.33. The zero-order valence-electron chi connectivity index (χ0n) is 23.7. The summed E-state index contributed by atoms with van der Waals surface area (Å²) in [5.41, 5.74) is 3.54. The number of aliphatic imine (C=N–C) groups is 1. The minimum atomic E-state index is -0.381. The molecule has 0 N–H and O–H groups in total. The first kappa shape index (κ1) is 27.8. The van der Waals surface area contributed by atoms with Crippen molar-refractivity contribution in [3.05, 3.63) is 89.2 Å². The van der Waals surface area contributed by atoms with Crippen molar-refractivity contribution < 1.29 is 9.18 Å². The number of anilines is 2. The number of benzene rings is 2. The summed E-state index contributed by atoms with van der Waals surface area (Å²) in [6.45, 7) is 15.8. The topological polar surface area (TPSA) is 52.0 Å². The number of piperazine rings is 1. The number of pyridine rings is 1. The van der Waals surface area contributed by atoms with Crippen molar-refractivity contribution in [2.75, 3.05) is 24.7 Å². The molecule has 2 aliphatic heterocycles. The Bertz CT molecular complexity index is 1500. The lowest BCUT2D eigenvalue weighted by atomic mass is 9.85. The fourth-order valence-electron chi connectivity index (χ4n) is 5.61. The lowest BCUT2D eigenvalue weighted by molar-refractivity contribution is -0.130. The van der Waals surface area contributed by atoms with Gasteiger partial charge >= 0.3 is 0 Å². The molecule has 2 atom stereocenters. The van der Waals surface area contributed by atoms with Crippen LogP contribution >= 0.6 is 11.6 Å². The summed E-state index contributed by atoms with van der Waals surface area (Å²) in [6.07, 6.45) is 1.37. The predicted octanol–water partition coefficient (Wildman–Crippen LogP) is 6.80. The molecule has 8 heteroatoms. The van der Waals surface area contributed by atoms with Crippen LogP contribution in [-0.2, 0) is 10.2 Å². The number of amidine groups is 1. The molecule has 2 aromatic carbocycles. The Morgan fingerprint density at radius 1 is 1.05 bits per heavy atom. The molecular weight excluding hydrogens is 525 g/mol. The third kappa shape index (κ3) is 4.99. The van der Waals surface area contributed by atoms with Gasteiger partial charge in [-0.05, 0) is 55.2 Å². The summed E-state index contributed by atoms with van der Waals surface area (Å²) in [4.78, 5) is 28.7. The lowest BCUT2D eigenvalue weighted by Gasteiger charge is -2.46. The minimum absolute atomic E-state index is 0.00475. The van der Waals surface area contributed by atoms with Gasteiger partial charge in [0, 0.05) is 36.4 Å². The van der Waals surface area contributed by atoms with Gasteiger partial charge in [-0.15, -0.1) is 0 Å². The molecule has 0 saturated carbocycles. The van der Waals surface area contributed by atoms with Crippen LogP contribution in [0.2, 0.25) is 5.02 Å². The van der Waals surface area contributed by atoms with Crippen LogP contribution in [0.1, 0.15) is 45.7 Å². The Balaban J connectivity index is 1.66. The second kappa shape index (κ2) is 10.7. The molecule has 5 rings (SSSR count). The first-order valence-corrected chi connectivity index (χ1v) is 14.0. The SMILES string of the molecule is C=CC(=O)N1CC(C)N(C2=NCN(c3ccccc3C(C)(C)C)c3nc(-c4ccccc4F)c(Cl)cc32)CC1C. The predicted molar refractivity (Wildman–Crippen MR) is 161 cm³/mol. The third-order valence-corrected chi connectivity index (χ3v) is 7.95. The number of para-hydroxylation sites is 1. The normalized spacial score (nSPS) is 19.3. The molecule has 0 spiro atoms. The maximum Gasteiger partial charge on any atom is 0.246 e. The van der Waals surface area contributed by atoms with Crippen LogP contribution in [0.15, 0.2) is 72.2 Å². The second-order valence-electron chi connectivity index (χ2n) is 11.5. The Hall–Kier alpha value is -3.71. The number of nitrogens with zero attached hydrogens (tertiary/aromatic N) is 5. The molecule has 6 nitrogen and oxygen atoms in total. The Morgan fingerprint density at radius 2 is 1.75 bits per heavy atom. The number of aromatic nitrogens is 1. The molecule has 1 aromatic heterocycles. The van der Waals surface area contributed by atoms with Crippen molar-refractivity contribution >= 4 is 34.8 Å². The monoisotopic (exact) mass is 559 g/mol. The van der Waals surface area contributed by atoms with Crippen LogP contribution in [0.5, 0.6) is 0 Å². The molecule has 0 radical (unpaired) electrons. The highest BCUT2D eigenvalue weighted by atomic mass is 35.5. The van der Waals surface area contributed by atoms with E-state index in [1.165, 1.54) is 12.1 Å². The summed E-state index contributed by atoms with van der Waals surface area (Å²) >= 11 is 6.83. The van der Waals surface area contributed by atoms with Crippen LogP contribution in [0.3, 0.4) is 0 Å². The standard InChI is InChI=1S/C32H35ClFN5O/c1-7-28(40)37-17-21(3)38(18-20(37)2)30-23-16-25(33)29(22-12-8-10-14-26(22)34)36-31(23)39(19-35-30)27-15-11-9-13-24(27)32(4,5)6/h7-16,20-21H,1,17-19H2,2-6H3. The number of rotatable bonds is 3. The van der Waals surface area contributed by atoms with Gasteiger partial charge in [0.15, 0.2) is 0 Å². The Labute approximate surface area is 240 Å². The van der Waals surface area contributed by atoms with Gasteiger partial charge in [0.05, 0.1) is 16.3 Å². The van der Waals surface area contributed by atoms with Crippen LogP contribution in [0.25, 0.3) is 11.3 Å². The zero-order valence-corrected chi connectivity index (χ0v) is 24.4. The van der Waals surface area contributed by atoms with E-state index in [1.807, 2.05) is 30.0 Å².